The molecule has 31 heavy (non-hydrogen) atoms. The summed E-state index contributed by atoms with van der Waals surface area (Å²) in [6.45, 7) is 1.34. The summed E-state index contributed by atoms with van der Waals surface area (Å²) in [7, 11) is 1.56. The van der Waals surface area contributed by atoms with Crippen molar-refractivity contribution in [3.05, 3.63) is 59.7 Å². The molecule has 9 heteroatoms. The first-order chi connectivity index (χ1) is 14.8. The van der Waals surface area contributed by atoms with Crippen LogP contribution < -0.4 is 9.64 Å². The Morgan fingerprint density at radius 2 is 1.61 bits per heavy atom. The number of halogens is 3. The number of carbonyl (C=O) groups excluding carboxylic acids is 2. The van der Waals surface area contributed by atoms with Crippen molar-refractivity contribution in [1.82, 2.24) is 10.0 Å². The Balaban J connectivity index is 1.55. The van der Waals surface area contributed by atoms with Gasteiger partial charge in [0, 0.05) is 13.1 Å². The van der Waals surface area contributed by atoms with E-state index in [1.165, 1.54) is 12.1 Å². The quantitative estimate of drug-likeness (QED) is 0.699. The molecule has 2 aromatic carbocycles. The van der Waals surface area contributed by atoms with Gasteiger partial charge >= 0.3 is 6.18 Å². The Labute approximate surface area is 176 Å². The van der Waals surface area contributed by atoms with Crippen molar-refractivity contribution in [2.45, 2.75) is 24.7 Å². The van der Waals surface area contributed by atoms with Gasteiger partial charge in [-0.2, -0.15) is 13.2 Å². The second kappa shape index (κ2) is 7.06. The number of anilines is 1. The van der Waals surface area contributed by atoms with Crippen LogP contribution in [0.15, 0.2) is 48.5 Å². The number of nitrogens with zero attached hydrogens (tertiary/aromatic N) is 3. The van der Waals surface area contributed by atoms with Gasteiger partial charge in [-0.1, -0.05) is 18.2 Å². The highest BCUT2D eigenvalue weighted by molar-refractivity contribution is 6.24. The van der Waals surface area contributed by atoms with Crippen LogP contribution in [0.25, 0.3) is 0 Å². The summed E-state index contributed by atoms with van der Waals surface area (Å²) >= 11 is 0. The predicted octanol–water partition coefficient (Wildman–Crippen LogP) is 3.25. The van der Waals surface area contributed by atoms with Crippen LogP contribution in [-0.2, 0) is 15.8 Å². The average molecular weight is 431 g/mol. The van der Waals surface area contributed by atoms with E-state index >= 15 is 0 Å². The Morgan fingerprint density at radius 1 is 0.935 bits per heavy atom. The molecular formula is C22H20F3N3O3. The Bertz CT molecular complexity index is 1040. The Kier molecular flexibility index (Phi) is 4.56. The van der Waals surface area contributed by atoms with Gasteiger partial charge in [-0.3, -0.25) is 9.59 Å². The van der Waals surface area contributed by atoms with Crippen molar-refractivity contribution in [2.75, 3.05) is 25.1 Å². The lowest BCUT2D eigenvalue weighted by Crippen LogP contribution is -2.44. The highest BCUT2D eigenvalue weighted by Gasteiger charge is 2.62. The summed E-state index contributed by atoms with van der Waals surface area (Å²) in [6.07, 6.45) is -3.71. The van der Waals surface area contributed by atoms with Crippen molar-refractivity contribution in [2.24, 2.45) is 5.92 Å². The molecule has 3 fully saturated rings. The summed E-state index contributed by atoms with van der Waals surface area (Å²) in [5, 5.41) is 3.96. The number of benzene rings is 2. The van der Waals surface area contributed by atoms with Gasteiger partial charge in [-0.15, -0.1) is 0 Å². The van der Waals surface area contributed by atoms with Crippen molar-refractivity contribution in [1.29, 1.82) is 0 Å². The number of hydrazine groups is 1. The third-order valence-corrected chi connectivity index (χ3v) is 6.29. The van der Waals surface area contributed by atoms with Gasteiger partial charge in [0.05, 0.1) is 30.3 Å². The van der Waals surface area contributed by atoms with Crippen LogP contribution in [0.5, 0.6) is 5.75 Å². The molecule has 0 aliphatic carbocycles. The molecule has 0 N–H and O–H groups in total. The average Bonchev–Trinajstić information content (AvgIpc) is 3.40. The number of carbonyl (C=O) groups is 2. The van der Waals surface area contributed by atoms with Crippen LogP contribution in [0.2, 0.25) is 0 Å². The fraction of sp³-hybridized carbons (Fsp3) is 0.364. The molecule has 3 aliphatic heterocycles. The predicted molar refractivity (Wildman–Crippen MR) is 105 cm³/mol. The highest BCUT2D eigenvalue weighted by Crippen LogP contribution is 2.49. The van der Waals surface area contributed by atoms with Crippen LogP contribution in [0.1, 0.15) is 23.6 Å². The van der Waals surface area contributed by atoms with Crippen LogP contribution in [-0.4, -0.2) is 48.1 Å². The molecule has 0 unspecified atom stereocenters. The zero-order chi connectivity index (χ0) is 21.9. The molecule has 2 amide bonds. The molecule has 3 atom stereocenters. The highest BCUT2D eigenvalue weighted by atomic mass is 19.4. The molecule has 6 nitrogen and oxygen atoms in total. The lowest BCUT2D eigenvalue weighted by atomic mass is 9.90. The zero-order valence-corrected chi connectivity index (χ0v) is 16.7. The monoisotopic (exact) mass is 431 g/mol. The number of ether oxygens (including phenoxy) is 1. The molecule has 0 aromatic heterocycles. The van der Waals surface area contributed by atoms with Gasteiger partial charge in [0.15, 0.2) is 0 Å². The maximum absolute atomic E-state index is 13.4. The molecule has 3 saturated heterocycles. The molecule has 5 rings (SSSR count). The largest absolute Gasteiger partial charge is 0.497 e. The summed E-state index contributed by atoms with van der Waals surface area (Å²) in [5.41, 5.74) is -0.0668. The minimum Gasteiger partial charge on any atom is -0.497 e. The van der Waals surface area contributed by atoms with Crippen molar-refractivity contribution >= 4 is 17.5 Å². The fourth-order valence-electron chi connectivity index (χ4n) is 4.99. The van der Waals surface area contributed by atoms with E-state index in [0.29, 0.717) is 18.8 Å². The van der Waals surface area contributed by atoms with E-state index in [9.17, 15) is 22.8 Å². The normalized spacial score (nSPS) is 26.5. The maximum Gasteiger partial charge on any atom is 0.416 e. The van der Waals surface area contributed by atoms with E-state index < -0.39 is 35.5 Å². The van der Waals surface area contributed by atoms with E-state index in [0.717, 1.165) is 29.0 Å². The number of alkyl halides is 3. The maximum atomic E-state index is 13.4. The lowest BCUT2D eigenvalue weighted by Gasteiger charge is -2.30. The van der Waals surface area contributed by atoms with Gasteiger partial charge in [0.2, 0.25) is 5.91 Å². The molecule has 0 spiro atoms. The minimum absolute atomic E-state index is 0.0431. The molecule has 3 aliphatic rings. The minimum atomic E-state index is -4.56. The van der Waals surface area contributed by atoms with Crippen molar-refractivity contribution in [3.63, 3.8) is 0 Å². The number of hydrogen-bond donors (Lipinski definition) is 0. The summed E-state index contributed by atoms with van der Waals surface area (Å²) < 4.78 is 44.8. The lowest BCUT2D eigenvalue weighted by molar-refractivity contribution is -0.137. The standard InChI is InChI=1S/C22H20F3N3O3/c1-31-16-8-6-13(7-9-16)18-17-19(27-11-3-10-26(18)27)21(30)28(20(17)29)15-5-2-4-14(12-15)22(23,24)25/h2,4-9,12,17-19H,3,10-11H2,1H3/t17-,18+,19-/m1/s1. The zero-order valence-electron chi connectivity index (χ0n) is 16.7. The van der Waals surface area contributed by atoms with Gasteiger partial charge in [-0.25, -0.2) is 14.9 Å². The summed E-state index contributed by atoms with van der Waals surface area (Å²) in [5.74, 6) is -0.950. The van der Waals surface area contributed by atoms with Crippen molar-refractivity contribution < 1.29 is 27.5 Å². The number of hydrogen-bond acceptors (Lipinski definition) is 5. The summed E-state index contributed by atoms with van der Waals surface area (Å²) in [4.78, 5) is 27.7. The van der Waals surface area contributed by atoms with Crippen LogP contribution in [0.4, 0.5) is 18.9 Å². The third-order valence-electron chi connectivity index (χ3n) is 6.29. The number of methoxy groups -OCH3 is 1. The third kappa shape index (κ3) is 3.02. The first kappa shape index (κ1) is 20.0. The molecular weight excluding hydrogens is 411 g/mol. The first-order valence-electron chi connectivity index (χ1n) is 10.0. The number of rotatable bonds is 3. The molecule has 2 aromatic rings. The number of amides is 2. The fourth-order valence-corrected chi connectivity index (χ4v) is 4.99. The SMILES string of the molecule is COc1ccc([C@H]2[C@H]3C(=O)N(c4cccc(C(F)(F)F)c4)C(=O)[C@@H]3N3CCCN23)cc1. The topological polar surface area (TPSA) is 53.1 Å². The second-order valence-electron chi connectivity index (χ2n) is 7.93. The van der Waals surface area contributed by atoms with E-state index in [1.54, 1.807) is 19.2 Å². The molecule has 162 valence electrons. The van der Waals surface area contributed by atoms with Gasteiger partial charge in [-0.05, 0) is 42.3 Å². The van der Waals surface area contributed by atoms with Gasteiger partial charge < -0.3 is 4.74 Å². The number of fused-ring (bicyclic) bond motifs is 3. The Morgan fingerprint density at radius 3 is 2.26 bits per heavy atom. The summed E-state index contributed by atoms with van der Waals surface area (Å²) in [6, 6.07) is 10.6. The van der Waals surface area contributed by atoms with Crippen LogP contribution in [0, 0.1) is 5.92 Å². The number of imide groups is 1. The second-order valence-corrected chi connectivity index (χ2v) is 7.93. The van der Waals surface area contributed by atoms with Crippen molar-refractivity contribution in [3.8, 4) is 5.75 Å². The van der Waals surface area contributed by atoms with Crippen LogP contribution >= 0.6 is 0 Å². The molecule has 0 saturated carbocycles. The van der Waals surface area contributed by atoms with Gasteiger partial charge in [0.1, 0.15) is 11.8 Å². The van der Waals surface area contributed by atoms with Gasteiger partial charge in [0.25, 0.3) is 5.91 Å². The molecule has 3 heterocycles. The first-order valence-corrected chi connectivity index (χ1v) is 10.0. The molecule has 0 radical (unpaired) electrons. The smallest absolute Gasteiger partial charge is 0.416 e. The van der Waals surface area contributed by atoms with E-state index in [-0.39, 0.29) is 11.7 Å². The van der Waals surface area contributed by atoms with E-state index in [4.69, 9.17) is 4.74 Å². The van der Waals surface area contributed by atoms with E-state index in [2.05, 4.69) is 5.01 Å². The van der Waals surface area contributed by atoms with E-state index in [1.807, 2.05) is 17.1 Å². The Hall–Kier alpha value is -2.91. The van der Waals surface area contributed by atoms with Crippen LogP contribution in [0.3, 0.4) is 0 Å². The molecule has 0 bridgehead atoms.